The molecule has 3 amide bonds. The number of carbonyl (C=O) groups is 3. The van der Waals surface area contributed by atoms with Gasteiger partial charge in [0, 0.05) is 50.9 Å². The first-order valence-corrected chi connectivity index (χ1v) is 11.5. The van der Waals surface area contributed by atoms with Crippen molar-refractivity contribution >= 4 is 17.9 Å². The number of rotatable bonds is 6. The van der Waals surface area contributed by atoms with Crippen LogP contribution in [0.4, 0.5) is 9.18 Å². The molecule has 8 nitrogen and oxygen atoms in total. The number of likely N-dealkylation sites (N-methyl/N-ethyl adjacent to an activating group) is 1. The summed E-state index contributed by atoms with van der Waals surface area (Å²) in [5.74, 6) is -0.578. The van der Waals surface area contributed by atoms with Crippen LogP contribution in [0.2, 0.25) is 0 Å². The predicted molar refractivity (Wildman–Crippen MR) is 119 cm³/mol. The van der Waals surface area contributed by atoms with Gasteiger partial charge in [-0.15, -0.1) is 0 Å². The lowest BCUT2D eigenvalue weighted by atomic mass is 9.94. The van der Waals surface area contributed by atoms with E-state index < -0.39 is 17.8 Å². The minimum atomic E-state index is -0.811. The zero-order valence-electron chi connectivity index (χ0n) is 19.3. The van der Waals surface area contributed by atoms with Gasteiger partial charge in [-0.3, -0.25) is 14.6 Å². The Labute approximate surface area is 193 Å². The SMILES string of the molecule is CCOC(=O)C1=C(CN2CCN(C(=O)C3CC3)C(C)C2)N(C)C(=O)NC1c1cccc(F)c1. The first-order valence-electron chi connectivity index (χ1n) is 11.5. The Balaban J connectivity index is 1.63. The van der Waals surface area contributed by atoms with Gasteiger partial charge >= 0.3 is 12.0 Å². The van der Waals surface area contributed by atoms with Crippen molar-refractivity contribution in [2.75, 3.05) is 39.8 Å². The fraction of sp³-hybridized carbons (Fsp3) is 0.542. The molecule has 0 spiro atoms. The number of nitrogens with one attached hydrogen (secondary N) is 1. The van der Waals surface area contributed by atoms with Gasteiger partial charge in [-0.05, 0) is 44.4 Å². The molecule has 3 aliphatic rings. The molecule has 1 aliphatic carbocycles. The molecule has 2 atom stereocenters. The number of piperazine rings is 1. The van der Waals surface area contributed by atoms with E-state index in [0.717, 1.165) is 12.8 Å². The summed E-state index contributed by atoms with van der Waals surface area (Å²) in [6.07, 6.45) is 1.95. The van der Waals surface area contributed by atoms with Crippen molar-refractivity contribution in [3.8, 4) is 0 Å². The lowest BCUT2D eigenvalue weighted by Crippen LogP contribution is -2.56. The second-order valence-electron chi connectivity index (χ2n) is 8.97. The molecule has 33 heavy (non-hydrogen) atoms. The maximum Gasteiger partial charge on any atom is 0.338 e. The van der Waals surface area contributed by atoms with E-state index in [2.05, 4.69) is 10.2 Å². The molecule has 1 aromatic rings. The maximum atomic E-state index is 14.0. The topological polar surface area (TPSA) is 82.2 Å². The van der Waals surface area contributed by atoms with Crippen LogP contribution in [-0.4, -0.2) is 78.5 Å². The zero-order valence-corrected chi connectivity index (χ0v) is 19.3. The Morgan fingerprint density at radius 1 is 1.24 bits per heavy atom. The molecule has 1 N–H and O–H groups in total. The summed E-state index contributed by atoms with van der Waals surface area (Å²) < 4.78 is 19.3. The van der Waals surface area contributed by atoms with Crippen LogP contribution in [-0.2, 0) is 14.3 Å². The largest absolute Gasteiger partial charge is 0.463 e. The number of benzene rings is 1. The van der Waals surface area contributed by atoms with Gasteiger partial charge in [-0.25, -0.2) is 14.0 Å². The third-order valence-electron chi connectivity index (χ3n) is 6.55. The number of hydrogen-bond acceptors (Lipinski definition) is 5. The molecule has 2 unspecified atom stereocenters. The summed E-state index contributed by atoms with van der Waals surface area (Å²) in [6.45, 7) is 6.17. The first-order chi connectivity index (χ1) is 15.8. The second kappa shape index (κ2) is 9.51. The highest BCUT2D eigenvalue weighted by Crippen LogP contribution is 2.34. The Morgan fingerprint density at radius 3 is 2.64 bits per heavy atom. The number of nitrogens with zero attached hydrogens (tertiary/aromatic N) is 3. The number of urea groups is 1. The van der Waals surface area contributed by atoms with Crippen LogP contribution in [0, 0.1) is 11.7 Å². The molecular weight excluding hydrogens is 427 g/mol. The van der Waals surface area contributed by atoms with Gasteiger partial charge in [0.2, 0.25) is 5.91 Å². The molecule has 1 saturated heterocycles. The number of amides is 3. The van der Waals surface area contributed by atoms with Crippen LogP contribution < -0.4 is 5.32 Å². The van der Waals surface area contributed by atoms with Crippen LogP contribution in [0.15, 0.2) is 35.5 Å². The van der Waals surface area contributed by atoms with E-state index in [4.69, 9.17) is 4.74 Å². The maximum absolute atomic E-state index is 14.0. The predicted octanol–water partition coefficient (Wildman–Crippen LogP) is 2.28. The van der Waals surface area contributed by atoms with Crippen LogP contribution in [0.3, 0.4) is 0 Å². The lowest BCUT2D eigenvalue weighted by Gasteiger charge is -2.42. The highest BCUT2D eigenvalue weighted by atomic mass is 19.1. The standard InChI is InChI=1S/C24H31FN4O4/c1-4-33-23(31)20-19(14-28-10-11-29(15(2)13-28)22(30)16-8-9-16)27(3)24(32)26-21(20)17-6-5-7-18(25)12-17/h5-7,12,15-16,21H,4,8-11,13-14H2,1-3H3,(H,26,32). The summed E-state index contributed by atoms with van der Waals surface area (Å²) >= 11 is 0. The number of halogens is 1. The fourth-order valence-corrected chi connectivity index (χ4v) is 4.61. The van der Waals surface area contributed by atoms with Crippen LogP contribution >= 0.6 is 0 Å². The van der Waals surface area contributed by atoms with E-state index >= 15 is 0 Å². The van der Waals surface area contributed by atoms with Crippen molar-refractivity contribution in [3.63, 3.8) is 0 Å². The average Bonchev–Trinajstić information content (AvgIpc) is 3.62. The molecule has 0 bridgehead atoms. The summed E-state index contributed by atoms with van der Waals surface area (Å²) in [5, 5.41) is 2.81. The molecule has 0 aromatic heterocycles. The van der Waals surface area contributed by atoms with Crippen molar-refractivity contribution in [1.82, 2.24) is 20.0 Å². The second-order valence-corrected chi connectivity index (χ2v) is 8.97. The van der Waals surface area contributed by atoms with E-state index in [0.29, 0.717) is 43.0 Å². The third-order valence-corrected chi connectivity index (χ3v) is 6.55. The Kier molecular flexibility index (Phi) is 6.69. The summed E-state index contributed by atoms with van der Waals surface area (Å²) in [7, 11) is 1.61. The van der Waals surface area contributed by atoms with Gasteiger partial charge in [0.1, 0.15) is 5.82 Å². The number of carbonyl (C=O) groups excluding carboxylic acids is 3. The lowest BCUT2D eigenvalue weighted by molar-refractivity contribution is -0.139. The van der Waals surface area contributed by atoms with Crippen LogP contribution in [0.5, 0.6) is 0 Å². The highest BCUT2D eigenvalue weighted by Gasteiger charge is 2.40. The monoisotopic (exact) mass is 458 g/mol. The van der Waals surface area contributed by atoms with Crippen LogP contribution in [0.1, 0.15) is 38.3 Å². The molecule has 9 heteroatoms. The van der Waals surface area contributed by atoms with E-state index in [-0.39, 0.29) is 30.5 Å². The summed E-state index contributed by atoms with van der Waals surface area (Å²) in [6, 6.07) is 4.73. The van der Waals surface area contributed by atoms with Gasteiger partial charge in [0.15, 0.2) is 0 Å². The molecule has 178 valence electrons. The fourth-order valence-electron chi connectivity index (χ4n) is 4.61. The molecule has 2 fully saturated rings. The molecule has 1 saturated carbocycles. The Bertz CT molecular complexity index is 977. The minimum Gasteiger partial charge on any atom is -0.463 e. The smallest absolute Gasteiger partial charge is 0.338 e. The van der Waals surface area contributed by atoms with Crippen LogP contribution in [0.25, 0.3) is 0 Å². The van der Waals surface area contributed by atoms with Crippen molar-refractivity contribution in [2.24, 2.45) is 5.92 Å². The van der Waals surface area contributed by atoms with Crippen molar-refractivity contribution in [2.45, 2.75) is 38.8 Å². The molecule has 4 rings (SSSR count). The molecule has 2 aliphatic heterocycles. The zero-order chi connectivity index (χ0) is 23.7. The first kappa shape index (κ1) is 23.2. The quantitative estimate of drug-likeness (QED) is 0.662. The molecule has 1 aromatic carbocycles. The number of esters is 1. The van der Waals surface area contributed by atoms with Gasteiger partial charge in [-0.2, -0.15) is 0 Å². The minimum absolute atomic E-state index is 0.0419. The van der Waals surface area contributed by atoms with Crippen molar-refractivity contribution < 1.29 is 23.5 Å². The Hall–Kier alpha value is -2.94. The normalized spacial score (nSPS) is 24.1. The summed E-state index contributed by atoms with van der Waals surface area (Å²) in [4.78, 5) is 43.9. The van der Waals surface area contributed by atoms with E-state index in [1.165, 1.54) is 17.0 Å². The van der Waals surface area contributed by atoms with Gasteiger partial charge in [0.05, 0.1) is 18.2 Å². The van der Waals surface area contributed by atoms with Gasteiger partial charge in [0.25, 0.3) is 0 Å². The molecular formula is C24H31FN4O4. The van der Waals surface area contributed by atoms with Crippen molar-refractivity contribution in [3.05, 3.63) is 46.9 Å². The van der Waals surface area contributed by atoms with E-state index in [1.54, 1.807) is 26.1 Å². The molecule has 0 radical (unpaired) electrons. The molecule has 2 heterocycles. The van der Waals surface area contributed by atoms with Crippen molar-refractivity contribution in [1.29, 1.82) is 0 Å². The summed E-state index contributed by atoms with van der Waals surface area (Å²) in [5.41, 5.74) is 1.31. The average molecular weight is 459 g/mol. The third kappa shape index (κ3) is 4.88. The van der Waals surface area contributed by atoms with Gasteiger partial charge in [-0.1, -0.05) is 12.1 Å². The van der Waals surface area contributed by atoms with E-state index in [1.807, 2.05) is 11.8 Å². The number of ether oxygens (including phenoxy) is 1. The van der Waals surface area contributed by atoms with Gasteiger partial charge < -0.3 is 15.0 Å². The highest BCUT2D eigenvalue weighted by molar-refractivity contribution is 5.95. The number of hydrogen-bond donors (Lipinski definition) is 1. The Morgan fingerprint density at radius 2 is 2.00 bits per heavy atom. The van der Waals surface area contributed by atoms with E-state index in [9.17, 15) is 18.8 Å².